The fourth-order valence-electron chi connectivity index (χ4n) is 2.18. The third-order valence-corrected chi connectivity index (χ3v) is 3.23. The molecule has 1 aromatic carbocycles. The molecular formula is C18H30IN3O5. The quantitative estimate of drug-likeness (QED) is 0.260. The Labute approximate surface area is 178 Å². The summed E-state index contributed by atoms with van der Waals surface area (Å²) in [4.78, 5) is 15.9. The molecule has 0 fully saturated rings. The molecule has 1 rings (SSSR count). The average molecular weight is 495 g/mol. The Kier molecular flexibility index (Phi) is 10.9. The van der Waals surface area contributed by atoms with Crippen molar-refractivity contribution in [1.82, 2.24) is 10.6 Å². The van der Waals surface area contributed by atoms with E-state index in [0.29, 0.717) is 29.8 Å². The predicted molar refractivity (Wildman–Crippen MR) is 116 cm³/mol. The number of rotatable bonds is 7. The van der Waals surface area contributed by atoms with Gasteiger partial charge in [-0.1, -0.05) is 0 Å². The molecule has 0 aromatic heterocycles. The maximum atomic E-state index is 11.8. The van der Waals surface area contributed by atoms with Crippen LogP contribution in [-0.2, 0) is 16.1 Å². The lowest BCUT2D eigenvalue weighted by Gasteiger charge is -2.20. The van der Waals surface area contributed by atoms with E-state index in [0.717, 1.165) is 5.56 Å². The van der Waals surface area contributed by atoms with E-state index in [9.17, 15) is 4.79 Å². The van der Waals surface area contributed by atoms with E-state index in [2.05, 4.69) is 15.6 Å². The Balaban J connectivity index is 0.00000676. The molecule has 0 aliphatic carbocycles. The summed E-state index contributed by atoms with van der Waals surface area (Å²) in [6.07, 6.45) is 0. The normalized spacial score (nSPS) is 11.1. The van der Waals surface area contributed by atoms with Gasteiger partial charge in [0, 0.05) is 13.6 Å². The Hall–Kier alpha value is -1.91. The predicted octanol–water partition coefficient (Wildman–Crippen LogP) is 2.34. The van der Waals surface area contributed by atoms with Crippen LogP contribution in [0.2, 0.25) is 0 Å². The van der Waals surface area contributed by atoms with Crippen molar-refractivity contribution >= 4 is 35.9 Å². The lowest BCUT2D eigenvalue weighted by atomic mass is 10.2. The van der Waals surface area contributed by atoms with Crippen molar-refractivity contribution in [2.45, 2.75) is 32.9 Å². The fourth-order valence-corrected chi connectivity index (χ4v) is 2.18. The molecule has 0 amide bonds. The minimum absolute atomic E-state index is 0. The number of hydrogen-bond donors (Lipinski definition) is 2. The van der Waals surface area contributed by atoms with E-state index < -0.39 is 5.60 Å². The van der Waals surface area contributed by atoms with Gasteiger partial charge in [-0.25, -0.2) is 0 Å². The summed E-state index contributed by atoms with van der Waals surface area (Å²) < 4.78 is 21.2. The van der Waals surface area contributed by atoms with Gasteiger partial charge in [-0.3, -0.25) is 9.79 Å². The second-order valence-corrected chi connectivity index (χ2v) is 6.40. The highest BCUT2D eigenvalue weighted by Gasteiger charge is 2.16. The second kappa shape index (κ2) is 11.7. The molecule has 8 nitrogen and oxygen atoms in total. The zero-order chi connectivity index (χ0) is 19.7. The van der Waals surface area contributed by atoms with E-state index in [-0.39, 0.29) is 36.5 Å². The van der Waals surface area contributed by atoms with Gasteiger partial charge in [0.15, 0.2) is 17.5 Å². The van der Waals surface area contributed by atoms with Crippen LogP contribution in [0.3, 0.4) is 0 Å². The van der Waals surface area contributed by atoms with Crippen molar-refractivity contribution in [3.63, 3.8) is 0 Å². The van der Waals surface area contributed by atoms with Crippen molar-refractivity contribution in [1.29, 1.82) is 0 Å². The summed E-state index contributed by atoms with van der Waals surface area (Å²) in [5.74, 6) is 1.80. The molecular weight excluding hydrogens is 465 g/mol. The van der Waals surface area contributed by atoms with Crippen molar-refractivity contribution in [3.05, 3.63) is 17.7 Å². The first kappa shape index (κ1) is 25.1. The molecule has 0 bridgehead atoms. The second-order valence-electron chi connectivity index (χ2n) is 6.40. The number of aliphatic imine (C=N–C) groups is 1. The number of halogens is 1. The first-order chi connectivity index (χ1) is 12.2. The number of ether oxygens (including phenoxy) is 4. The van der Waals surface area contributed by atoms with Crippen LogP contribution in [0.15, 0.2) is 17.1 Å². The lowest BCUT2D eigenvalue weighted by Crippen LogP contribution is -2.41. The minimum Gasteiger partial charge on any atom is -0.493 e. The van der Waals surface area contributed by atoms with Gasteiger partial charge in [0.25, 0.3) is 0 Å². The number of nitrogens with one attached hydrogen (secondary N) is 2. The van der Waals surface area contributed by atoms with Gasteiger partial charge in [-0.2, -0.15) is 0 Å². The molecule has 27 heavy (non-hydrogen) atoms. The number of esters is 1. The van der Waals surface area contributed by atoms with Crippen LogP contribution in [0.1, 0.15) is 26.3 Å². The number of benzene rings is 1. The highest BCUT2D eigenvalue weighted by molar-refractivity contribution is 14.0. The van der Waals surface area contributed by atoms with Crippen molar-refractivity contribution in [2.24, 2.45) is 4.99 Å². The molecule has 0 radical (unpaired) electrons. The van der Waals surface area contributed by atoms with Crippen molar-refractivity contribution < 1.29 is 23.7 Å². The Morgan fingerprint density at radius 3 is 2.00 bits per heavy atom. The van der Waals surface area contributed by atoms with Gasteiger partial charge >= 0.3 is 5.97 Å². The Morgan fingerprint density at radius 1 is 1.04 bits per heavy atom. The summed E-state index contributed by atoms with van der Waals surface area (Å²) in [6.45, 7) is 5.93. The summed E-state index contributed by atoms with van der Waals surface area (Å²) >= 11 is 0. The highest BCUT2D eigenvalue weighted by atomic mass is 127. The maximum Gasteiger partial charge on any atom is 0.325 e. The van der Waals surface area contributed by atoms with Crippen LogP contribution in [0.4, 0.5) is 0 Å². The highest BCUT2D eigenvalue weighted by Crippen LogP contribution is 2.38. The monoisotopic (exact) mass is 495 g/mol. The molecule has 0 heterocycles. The van der Waals surface area contributed by atoms with Crippen LogP contribution in [0.5, 0.6) is 17.2 Å². The van der Waals surface area contributed by atoms with Crippen LogP contribution in [-0.4, -0.2) is 52.5 Å². The van der Waals surface area contributed by atoms with Crippen LogP contribution in [0, 0.1) is 0 Å². The number of hydrogen-bond acceptors (Lipinski definition) is 6. The largest absolute Gasteiger partial charge is 0.493 e. The van der Waals surface area contributed by atoms with E-state index in [1.807, 2.05) is 32.9 Å². The first-order valence-corrected chi connectivity index (χ1v) is 8.19. The van der Waals surface area contributed by atoms with Gasteiger partial charge in [-0.15, -0.1) is 24.0 Å². The fraction of sp³-hybridized carbons (Fsp3) is 0.556. The van der Waals surface area contributed by atoms with E-state index in [4.69, 9.17) is 18.9 Å². The third-order valence-electron chi connectivity index (χ3n) is 3.23. The molecule has 0 unspecified atom stereocenters. The number of methoxy groups -OCH3 is 3. The molecule has 1 aromatic rings. The molecule has 0 aliphatic heterocycles. The third kappa shape index (κ3) is 8.55. The van der Waals surface area contributed by atoms with Crippen LogP contribution < -0.4 is 24.8 Å². The standard InChI is InChI=1S/C18H29N3O5.HI/c1-18(2,3)26-15(22)11-21-17(19-4)20-10-12-8-13(23-5)16(25-7)14(9-12)24-6;/h8-9H,10-11H2,1-7H3,(H2,19,20,21);1H. The zero-order valence-corrected chi connectivity index (χ0v) is 19.3. The summed E-state index contributed by atoms with van der Waals surface area (Å²) in [6, 6.07) is 3.69. The molecule has 0 saturated carbocycles. The zero-order valence-electron chi connectivity index (χ0n) is 17.0. The minimum atomic E-state index is -0.522. The number of carbonyl (C=O) groups excluding carboxylic acids is 1. The van der Waals surface area contributed by atoms with E-state index in [1.165, 1.54) is 0 Å². The SMILES string of the molecule is CN=C(NCC(=O)OC(C)(C)C)NCc1cc(OC)c(OC)c(OC)c1.I. The average Bonchev–Trinajstić information content (AvgIpc) is 2.59. The lowest BCUT2D eigenvalue weighted by molar-refractivity contribution is -0.153. The summed E-state index contributed by atoms with van der Waals surface area (Å²) in [7, 11) is 6.31. The smallest absolute Gasteiger partial charge is 0.325 e. The topological polar surface area (TPSA) is 90.4 Å². The van der Waals surface area contributed by atoms with E-state index in [1.54, 1.807) is 28.4 Å². The van der Waals surface area contributed by atoms with E-state index >= 15 is 0 Å². The van der Waals surface area contributed by atoms with Crippen molar-refractivity contribution in [2.75, 3.05) is 34.9 Å². The molecule has 0 aliphatic rings. The van der Waals surface area contributed by atoms with Gasteiger partial charge in [0.1, 0.15) is 12.1 Å². The first-order valence-electron chi connectivity index (χ1n) is 8.19. The van der Waals surface area contributed by atoms with Gasteiger partial charge in [-0.05, 0) is 38.5 Å². The van der Waals surface area contributed by atoms with Gasteiger partial charge in [0.2, 0.25) is 5.75 Å². The van der Waals surface area contributed by atoms with Crippen molar-refractivity contribution in [3.8, 4) is 17.2 Å². The number of nitrogens with zero attached hydrogens (tertiary/aromatic N) is 1. The summed E-state index contributed by atoms with van der Waals surface area (Å²) in [5, 5.41) is 6.04. The Morgan fingerprint density at radius 2 is 1.59 bits per heavy atom. The van der Waals surface area contributed by atoms with Gasteiger partial charge < -0.3 is 29.6 Å². The molecule has 0 atom stereocenters. The molecule has 2 N–H and O–H groups in total. The van der Waals surface area contributed by atoms with Crippen LogP contribution in [0.25, 0.3) is 0 Å². The molecule has 0 saturated heterocycles. The molecule has 154 valence electrons. The van der Waals surface area contributed by atoms with Gasteiger partial charge in [0.05, 0.1) is 21.3 Å². The van der Waals surface area contributed by atoms with Crippen LogP contribution >= 0.6 is 24.0 Å². The number of carbonyl (C=O) groups is 1. The Bertz CT molecular complexity index is 619. The maximum absolute atomic E-state index is 11.8. The number of guanidine groups is 1. The molecule has 0 spiro atoms. The molecule has 9 heteroatoms. The summed E-state index contributed by atoms with van der Waals surface area (Å²) in [5.41, 5.74) is 0.381.